The Balaban J connectivity index is 0.893. The smallest absolute Gasteiger partial charge is 0.0541 e. The molecular formula is C65H55N. The SMILES string of the molecule is CCC(C)Cc1ccc(-c2ccc(-c3c4ccccc4c(-c4ccc(-c5ccc(-c6ccc7c(c6)c6ccccc6n7-c6ccc(C(C)(C)C)cc6)cc5)cc4)c4ccccc34)cc2)cc1. The predicted octanol–water partition coefficient (Wildman–Crippen LogP) is 18.3. The van der Waals surface area contributed by atoms with E-state index in [4.69, 9.17) is 0 Å². The van der Waals surface area contributed by atoms with Crippen molar-refractivity contribution in [2.24, 2.45) is 5.92 Å². The fraction of sp³-hybridized carbons (Fsp3) is 0.138. The molecule has 0 saturated carbocycles. The molecule has 1 heterocycles. The molecule has 1 unspecified atom stereocenters. The van der Waals surface area contributed by atoms with E-state index in [1.54, 1.807) is 0 Å². The summed E-state index contributed by atoms with van der Waals surface area (Å²) < 4.78 is 2.40. The van der Waals surface area contributed by atoms with Gasteiger partial charge in [-0.25, -0.2) is 0 Å². The van der Waals surface area contributed by atoms with Crippen LogP contribution in [-0.4, -0.2) is 4.57 Å². The standard InChI is InChI=1S/C65H55N/c1-6-43(2)41-44-19-21-45(22-20-44)47-27-31-50(32-28-47)63-56-14-7-9-16-58(56)64(59-17-10-8-15-57(59)63)51-33-29-48(30-34-51)46-23-25-49(26-24-46)52-35-40-62-60(42-52)55-13-11-12-18-61(55)66(62)54-38-36-53(37-39-54)65(3,4)5/h7-40,42-43H,6,41H2,1-5H3. The van der Waals surface area contributed by atoms with Gasteiger partial charge in [-0.15, -0.1) is 0 Å². The van der Waals surface area contributed by atoms with Crippen molar-refractivity contribution in [1.82, 2.24) is 4.57 Å². The first-order chi connectivity index (χ1) is 32.2. The molecule has 0 fully saturated rings. The van der Waals surface area contributed by atoms with Crippen molar-refractivity contribution in [2.75, 3.05) is 0 Å². The Morgan fingerprint density at radius 1 is 0.379 bits per heavy atom. The van der Waals surface area contributed by atoms with Gasteiger partial charge in [0.1, 0.15) is 0 Å². The number of aromatic nitrogens is 1. The van der Waals surface area contributed by atoms with Crippen LogP contribution in [0.1, 0.15) is 52.2 Å². The number of hydrogen-bond donors (Lipinski definition) is 0. The largest absolute Gasteiger partial charge is 0.309 e. The summed E-state index contributed by atoms with van der Waals surface area (Å²) in [5.41, 5.74) is 18.9. The molecule has 0 radical (unpaired) electrons. The topological polar surface area (TPSA) is 4.93 Å². The van der Waals surface area contributed by atoms with E-state index < -0.39 is 0 Å². The maximum atomic E-state index is 2.40. The van der Waals surface area contributed by atoms with Gasteiger partial charge in [-0.2, -0.15) is 0 Å². The second-order valence-electron chi connectivity index (χ2n) is 19.4. The van der Waals surface area contributed by atoms with Crippen LogP contribution >= 0.6 is 0 Å². The number of nitrogens with zero attached hydrogens (tertiary/aromatic N) is 1. The van der Waals surface area contributed by atoms with Crippen LogP contribution in [0, 0.1) is 5.92 Å². The Labute approximate surface area is 389 Å². The zero-order valence-corrected chi connectivity index (χ0v) is 38.6. The minimum absolute atomic E-state index is 0.113. The molecule has 0 spiro atoms. The average molecular weight is 850 g/mol. The van der Waals surface area contributed by atoms with Gasteiger partial charge in [-0.3, -0.25) is 0 Å². The zero-order chi connectivity index (χ0) is 44.9. The van der Waals surface area contributed by atoms with E-state index in [9.17, 15) is 0 Å². The van der Waals surface area contributed by atoms with E-state index in [-0.39, 0.29) is 5.41 Å². The van der Waals surface area contributed by atoms with Crippen LogP contribution < -0.4 is 0 Å². The molecule has 0 aliphatic heterocycles. The predicted molar refractivity (Wildman–Crippen MR) is 285 cm³/mol. The maximum absolute atomic E-state index is 2.40. The van der Waals surface area contributed by atoms with Gasteiger partial charge >= 0.3 is 0 Å². The Morgan fingerprint density at radius 2 is 0.758 bits per heavy atom. The second-order valence-corrected chi connectivity index (χ2v) is 19.4. The van der Waals surface area contributed by atoms with Gasteiger partial charge in [0, 0.05) is 16.5 Å². The summed E-state index contributed by atoms with van der Waals surface area (Å²) in [5.74, 6) is 0.702. The van der Waals surface area contributed by atoms with Gasteiger partial charge in [-0.05, 0) is 136 Å². The molecule has 1 atom stereocenters. The summed E-state index contributed by atoms with van der Waals surface area (Å²) >= 11 is 0. The first-order valence-corrected chi connectivity index (χ1v) is 23.7. The molecule has 10 aromatic carbocycles. The lowest BCUT2D eigenvalue weighted by Crippen LogP contribution is -2.10. The summed E-state index contributed by atoms with van der Waals surface area (Å²) in [5, 5.41) is 7.61. The van der Waals surface area contributed by atoms with E-state index in [0.29, 0.717) is 5.92 Å². The van der Waals surface area contributed by atoms with Crippen molar-refractivity contribution in [2.45, 2.75) is 52.9 Å². The molecular weight excluding hydrogens is 795 g/mol. The van der Waals surface area contributed by atoms with E-state index >= 15 is 0 Å². The van der Waals surface area contributed by atoms with E-state index in [2.05, 4.69) is 252 Å². The fourth-order valence-corrected chi connectivity index (χ4v) is 10.2. The fourth-order valence-electron chi connectivity index (χ4n) is 10.2. The van der Waals surface area contributed by atoms with Gasteiger partial charge in [0.25, 0.3) is 0 Å². The highest BCUT2D eigenvalue weighted by molar-refractivity contribution is 6.21. The minimum Gasteiger partial charge on any atom is -0.309 e. The highest BCUT2D eigenvalue weighted by atomic mass is 15.0. The highest BCUT2D eigenvalue weighted by Crippen LogP contribution is 2.44. The molecule has 0 N–H and O–H groups in total. The summed E-state index contributed by atoms with van der Waals surface area (Å²) in [6, 6.07) is 79.3. The van der Waals surface area contributed by atoms with Crippen LogP contribution in [0.5, 0.6) is 0 Å². The van der Waals surface area contributed by atoms with Gasteiger partial charge < -0.3 is 4.57 Å². The molecule has 320 valence electrons. The first kappa shape index (κ1) is 41.2. The second kappa shape index (κ2) is 16.8. The lowest BCUT2D eigenvalue weighted by Gasteiger charge is -2.19. The average Bonchev–Trinajstić information content (AvgIpc) is 3.69. The van der Waals surface area contributed by atoms with E-state index in [0.717, 1.165) is 6.42 Å². The summed E-state index contributed by atoms with van der Waals surface area (Å²) in [7, 11) is 0. The molecule has 0 aliphatic rings. The van der Waals surface area contributed by atoms with Crippen LogP contribution in [0.25, 0.3) is 105 Å². The van der Waals surface area contributed by atoms with Crippen molar-refractivity contribution < 1.29 is 0 Å². The Kier molecular flexibility index (Phi) is 10.5. The maximum Gasteiger partial charge on any atom is 0.0541 e. The highest BCUT2D eigenvalue weighted by Gasteiger charge is 2.19. The van der Waals surface area contributed by atoms with Crippen LogP contribution in [0.4, 0.5) is 0 Å². The van der Waals surface area contributed by atoms with Gasteiger partial charge in [0.2, 0.25) is 0 Å². The molecule has 1 aromatic heterocycles. The third-order valence-corrected chi connectivity index (χ3v) is 14.1. The number of para-hydroxylation sites is 1. The van der Waals surface area contributed by atoms with E-state index in [1.165, 1.54) is 122 Å². The van der Waals surface area contributed by atoms with Crippen molar-refractivity contribution in [3.8, 4) is 61.3 Å². The van der Waals surface area contributed by atoms with Crippen LogP contribution in [0.3, 0.4) is 0 Å². The molecule has 0 saturated heterocycles. The molecule has 66 heavy (non-hydrogen) atoms. The quantitative estimate of drug-likeness (QED) is 0.128. The number of fused-ring (bicyclic) bond motifs is 5. The van der Waals surface area contributed by atoms with Crippen LogP contribution in [0.15, 0.2) is 212 Å². The lowest BCUT2D eigenvalue weighted by atomic mass is 9.85. The summed E-state index contributed by atoms with van der Waals surface area (Å²) in [6.07, 6.45) is 2.34. The van der Waals surface area contributed by atoms with Gasteiger partial charge in [0.05, 0.1) is 11.0 Å². The minimum atomic E-state index is 0.113. The third-order valence-electron chi connectivity index (χ3n) is 14.1. The molecule has 11 rings (SSSR count). The van der Waals surface area contributed by atoms with Crippen LogP contribution in [0.2, 0.25) is 0 Å². The van der Waals surface area contributed by atoms with Crippen molar-refractivity contribution in [1.29, 1.82) is 0 Å². The van der Waals surface area contributed by atoms with Gasteiger partial charge in [0.15, 0.2) is 0 Å². The molecule has 0 amide bonds. The Bertz CT molecular complexity index is 3470. The zero-order valence-electron chi connectivity index (χ0n) is 38.6. The molecule has 11 aromatic rings. The molecule has 1 heteroatoms. The number of hydrogen-bond acceptors (Lipinski definition) is 0. The number of rotatable bonds is 9. The summed E-state index contributed by atoms with van der Waals surface area (Å²) in [6.45, 7) is 11.4. The van der Waals surface area contributed by atoms with E-state index in [1.807, 2.05) is 0 Å². The normalized spacial score (nSPS) is 12.4. The Morgan fingerprint density at radius 3 is 1.21 bits per heavy atom. The third kappa shape index (κ3) is 7.49. The van der Waals surface area contributed by atoms with Crippen molar-refractivity contribution >= 4 is 43.4 Å². The molecule has 1 nitrogen and oxygen atoms in total. The van der Waals surface area contributed by atoms with Gasteiger partial charge in [-0.1, -0.05) is 223 Å². The monoisotopic (exact) mass is 849 g/mol. The first-order valence-electron chi connectivity index (χ1n) is 23.7. The van der Waals surface area contributed by atoms with Crippen molar-refractivity contribution in [3.63, 3.8) is 0 Å². The van der Waals surface area contributed by atoms with Crippen LogP contribution in [-0.2, 0) is 11.8 Å². The molecule has 0 aliphatic carbocycles. The lowest BCUT2D eigenvalue weighted by molar-refractivity contribution is 0.560. The number of benzene rings is 10. The summed E-state index contributed by atoms with van der Waals surface area (Å²) in [4.78, 5) is 0. The Hall–Kier alpha value is -7.48. The van der Waals surface area contributed by atoms with Crippen molar-refractivity contribution in [3.05, 3.63) is 223 Å². The molecule has 0 bridgehead atoms.